The van der Waals surface area contributed by atoms with Crippen molar-refractivity contribution in [3.8, 4) is 11.1 Å². The molecule has 33 heavy (non-hydrogen) atoms. The zero-order valence-electron chi connectivity index (χ0n) is 18.7. The molecule has 0 unspecified atom stereocenters. The second kappa shape index (κ2) is 8.65. The van der Waals surface area contributed by atoms with E-state index in [9.17, 15) is 9.59 Å². The molecule has 0 radical (unpaired) electrons. The molecule has 0 aliphatic heterocycles. The summed E-state index contributed by atoms with van der Waals surface area (Å²) in [5, 5.41) is 4.13. The molecule has 2 aromatic heterocycles. The van der Waals surface area contributed by atoms with Crippen molar-refractivity contribution in [2.45, 2.75) is 26.2 Å². The number of amides is 1. The van der Waals surface area contributed by atoms with E-state index in [1.165, 1.54) is 4.57 Å². The van der Waals surface area contributed by atoms with Crippen LogP contribution in [0.4, 0.5) is 5.69 Å². The standard InChI is InChI=1S/C26H23Cl2N3O2/c1-26(2,3)17-7-5-15(6-8-17)24(32)30-20-10-9-19(27)22(23(20)28)18-13-16-14-29-12-11-21(16)31(4)25(18)33/h5-14H,1-4H3,(H,30,32). The van der Waals surface area contributed by atoms with Gasteiger partial charge in [0.15, 0.2) is 0 Å². The second-order valence-corrected chi connectivity index (χ2v) is 9.71. The summed E-state index contributed by atoms with van der Waals surface area (Å²) < 4.78 is 1.53. The monoisotopic (exact) mass is 479 g/mol. The molecule has 0 spiro atoms. The number of carbonyl (C=O) groups excluding carboxylic acids is 1. The summed E-state index contributed by atoms with van der Waals surface area (Å²) in [4.78, 5) is 30.1. The maximum atomic E-state index is 13.1. The molecule has 0 bridgehead atoms. The minimum atomic E-state index is -0.304. The molecule has 168 valence electrons. The Hall–Kier alpha value is -3.15. The summed E-state index contributed by atoms with van der Waals surface area (Å²) in [7, 11) is 1.68. The molecule has 0 fully saturated rings. The number of pyridine rings is 2. The predicted molar refractivity (Wildman–Crippen MR) is 136 cm³/mol. The maximum absolute atomic E-state index is 13.1. The fourth-order valence-electron chi connectivity index (χ4n) is 3.71. The summed E-state index contributed by atoms with van der Waals surface area (Å²) in [6.07, 6.45) is 3.30. The molecule has 0 aliphatic rings. The summed E-state index contributed by atoms with van der Waals surface area (Å²) in [5.74, 6) is -0.304. The van der Waals surface area contributed by atoms with E-state index in [0.29, 0.717) is 27.4 Å². The number of nitrogens with one attached hydrogen (secondary N) is 1. The number of carbonyl (C=O) groups is 1. The third-order valence-electron chi connectivity index (χ3n) is 5.65. The lowest BCUT2D eigenvalue weighted by Crippen LogP contribution is -2.19. The fourth-order valence-corrected chi connectivity index (χ4v) is 4.34. The van der Waals surface area contributed by atoms with E-state index in [0.717, 1.165) is 16.5 Å². The molecular weight excluding hydrogens is 457 g/mol. The minimum absolute atomic E-state index is 0.00898. The van der Waals surface area contributed by atoms with Gasteiger partial charge in [0.25, 0.3) is 11.5 Å². The van der Waals surface area contributed by atoms with Crippen molar-refractivity contribution in [1.29, 1.82) is 0 Å². The van der Waals surface area contributed by atoms with Crippen molar-refractivity contribution in [1.82, 2.24) is 9.55 Å². The number of fused-ring (bicyclic) bond motifs is 1. The normalized spacial score (nSPS) is 11.6. The van der Waals surface area contributed by atoms with Gasteiger partial charge >= 0.3 is 0 Å². The molecule has 0 saturated heterocycles. The zero-order valence-corrected chi connectivity index (χ0v) is 20.3. The van der Waals surface area contributed by atoms with Gasteiger partial charge in [0.05, 0.1) is 26.8 Å². The van der Waals surface area contributed by atoms with Gasteiger partial charge in [0.2, 0.25) is 0 Å². The molecule has 0 aliphatic carbocycles. The number of rotatable bonds is 3. The van der Waals surface area contributed by atoms with Crippen LogP contribution in [-0.2, 0) is 12.5 Å². The van der Waals surface area contributed by atoms with Gasteiger partial charge in [-0.3, -0.25) is 14.6 Å². The zero-order chi connectivity index (χ0) is 23.9. The van der Waals surface area contributed by atoms with Crippen LogP contribution in [0.1, 0.15) is 36.7 Å². The Kier molecular flexibility index (Phi) is 6.04. The van der Waals surface area contributed by atoms with Crippen molar-refractivity contribution < 1.29 is 4.79 Å². The predicted octanol–water partition coefficient (Wildman–Crippen LogP) is 6.46. The molecule has 2 aromatic carbocycles. The first kappa shape index (κ1) is 23.0. The largest absolute Gasteiger partial charge is 0.321 e. The van der Waals surface area contributed by atoms with Gasteiger partial charge in [-0.2, -0.15) is 0 Å². The van der Waals surface area contributed by atoms with Gasteiger partial charge in [-0.25, -0.2) is 0 Å². The Morgan fingerprint density at radius 2 is 1.73 bits per heavy atom. The van der Waals surface area contributed by atoms with E-state index < -0.39 is 0 Å². The Balaban J connectivity index is 1.74. The SMILES string of the molecule is Cn1c(=O)c(-c2c(Cl)ccc(NC(=O)c3ccc(C(C)(C)C)cc3)c2Cl)cc2cnccc21. The summed E-state index contributed by atoms with van der Waals surface area (Å²) in [6, 6.07) is 14.2. The number of hydrogen-bond donors (Lipinski definition) is 1. The molecule has 0 atom stereocenters. The average molecular weight is 480 g/mol. The van der Waals surface area contributed by atoms with Crippen LogP contribution in [0.2, 0.25) is 10.0 Å². The van der Waals surface area contributed by atoms with Gasteiger partial charge in [0.1, 0.15) is 0 Å². The highest BCUT2D eigenvalue weighted by atomic mass is 35.5. The number of aryl methyl sites for hydroxylation is 1. The molecule has 1 amide bonds. The fraction of sp³-hybridized carbons (Fsp3) is 0.192. The number of halogens is 2. The van der Waals surface area contributed by atoms with Crippen LogP contribution in [0.5, 0.6) is 0 Å². The molecule has 4 rings (SSSR count). The van der Waals surface area contributed by atoms with Crippen LogP contribution in [-0.4, -0.2) is 15.5 Å². The first-order chi connectivity index (χ1) is 15.6. The first-order valence-corrected chi connectivity index (χ1v) is 11.2. The molecule has 1 N–H and O–H groups in total. The number of anilines is 1. The van der Waals surface area contributed by atoms with E-state index in [-0.39, 0.29) is 21.9 Å². The van der Waals surface area contributed by atoms with Gasteiger partial charge in [-0.1, -0.05) is 56.1 Å². The quantitative estimate of drug-likeness (QED) is 0.366. The van der Waals surface area contributed by atoms with Crippen molar-refractivity contribution in [2.75, 3.05) is 5.32 Å². The number of benzene rings is 2. The first-order valence-electron chi connectivity index (χ1n) is 10.4. The van der Waals surface area contributed by atoms with E-state index in [4.69, 9.17) is 23.2 Å². The molecule has 7 heteroatoms. The van der Waals surface area contributed by atoms with E-state index >= 15 is 0 Å². The molecular formula is C26H23Cl2N3O2. The topological polar surface area (TPSA) is 64.0 Å². The Morgan fingerprint density at radius 3 is 2.39 bits per heavy atom. The number of hydrogen-bond acceptors (Lipinski definition) is 3. The highest BCUT2D eigenvalue weighted by molar-refractivity contribution is 6.41. The summed E-state index contributed by atoms with van der Waals surface area (Å²) in [5.41, 5.74) is 3.19. The Labute approximate surface area is 202 Å². The van der Waals surface area contributed by atoms with Crippen LogP contribution in [0.15, 0.2) is 65.7 Å². The van der Waals surface area contributed by atoms with Crippen LogP contribution >= 0.6 is 23.2 Å². The van der Waals surface area contributed by atoms with E-state index in [2.05, 4.69) is 31.1 Å². The van der Waals surface area contributed by atoms with E-state index in [1.807, 2.05) is 12.1 Å². The van der Waals surface area contributed by atoms with Crippen molar-refractivity contribution in [3.63, 3.8) is 0 Å². The van der Waals surface area contributed by atoms with E-state index in [1.54, 1.807) is 55.8 Å². The Bertz CT molecular complexity index is 1440. The lowest BCUT2D eigenvalue weighted by atomic mass is 9.87. The van der Waals surface area contributed by atoms with Crippen molar-refractivity contribution in [2.24, 2.45) is 7.05 Å². The maximum Gasteiger partial charge on any atom is 0.258 e. The Morgan fingerprint density at radius 1 is 1.03 bits per heavy atom. The van der Waals surface area contributed by atoms with Gasteiger partial charge in [0, 0.05) is 36.0 Å². The molecule has 2 heterocycles. The molecule has 0 saturated carbocycles. The average Bonchev–Trinajstić information content (AvgIpc) is 2.78. The second-order valence-electron chi connectivity index (χ2n) is 8.92. The third kappa shape index (κ3) is 4.39. The van der Waals surface area contributed by atoms with Crippen LogP contribution in [0.25, 0.3) is 22.0 Å². The lowest BCUT2D eigenvalue weighted by Gasteiger charge is -2.19. The van der Waals surface area contributed by atoms with Crippen LogP contribution < -0.4 is 10.9 Å². The van der Waals surface area contributed by atoms with Crippen LogP contribution in [0.3, 0.4) is 0 Å². The highest BCUT2D eigenvalue weighted by Gasteiger charge is 2.20. The lowest BCUT2D eigenvalue weighted by molar-refractivity contribution is 0.102. The van der Waals surface area contributed by atoms with Crippen LogP contribution in [0, 0.1) is 0 Å². The number of aromatic nitrogens is 2. The third-order valence-corrected chi connectivity index (χ3v) is 6.35. The number of nitrogens with zero attached hydrogens (tertiary/aromatic N) is 2. The van der Waals surface area contributed by atoms with Gasteiger partial charge in [-0.05, 0) is 47.4 Å². The highest BCUT2D eigenvalue weighted by Crippen LogP contribution is 2.39. The summed E-state index contributed by atoms with van der Waals surface area (Å²) >= 11 is 13.1. The van der Waals surface area contributed by atoms with Crippen molar-refractivity contribution >= 4 is 45.7 Å². The smallest absolute Gasteiger partial charge is 0.258 e. The van der Waals surface area contributed by atoms with Gasteiger partial charge < -0.3 is 9.88 Å². The summed E-state index contributed by atoms with van der Waals surface area (Å²) in [6.45, 7) is 6.35. The minimum Gasteiger partial charge on any atom is -0.321 e. The van der Waals surface area contributed by atoms with Gasteiger partial charge in [-0.15, -0.1) is 0 Å². The molecule has 4 aromatic rings. The van der Waals surface area contributed by atoms with Crippen molar-refractivity contribution in [3.05, 3.63) is 92.5 Å². The molecule has 5 nitrogen and oxygen atoms in total.